The lowest BCUT2D eigenvalue weighted by atomic mass is 10.0. The maximum Gasteiger partial charge on any atom is 0.338 e. The van der Waals surface area contributed by atoms with E-state index in [9.17, 15) is 9.59 Å². The number of carbonyl (C=O) groups excluding carboxylic acids is 2. The third kappa shape index (κ3) is 2.89. The molecule has 4 nitrogen and oxygen atoms in total. The average Bonchev–Trinajstić information content (AvgIpc) is 2.74. The Balaban J connectivity index is 2.64. The van der Waals surface area contributed by atoms with Gasteiger partial charge in [0.05, 0.1) is 24.3 Å². The number of esters is 2. The number of aryl methyl sites for hydroxylation is 1. The highest BCUT2D eigenvalue weighted by Gasteiger charge is 2.26. The standard InChI is InChI=1S/C17H18O4/c1-4-20-16(18)13-10-14(17(19)21-5-2)15-11(3)8-6-7-9-12(13)15/h6-10H,4-5H2,1-3H3. The predicted molar refractivity (Wildman–Crippen MR) is 79.7 cm³/mol. The van der Waals surface area contributed by atoms with Crippen LogP contribution < -0.4 is 0 Å². The van der Waals surface area contributed by atoms with Gasteiger partial charge >= 0.3 is 11.9 Å². The molecule has 0 aromatic rings. The van der Waals surface area contributed by atoms with Crippen molar-refractivity contribution in [3.63, 3.8) is 0 Å². The zero-order valence-corrected chi connectivity index (χ0v) is 12.4. The van der Waals surface area contributed by atoms with Gasteiger partial charge in [-0.2, -0.15) is 0 Å². The number of fused-ring (bicyclic) bond motifs is 1. The quantitative estimate of drug-likeness (QED) is 0.808. The van der Waals surface area contributed by atoms with Gasteiger partial charge in [-0.1, -0.05) is 24.3 Å². The molecule has 0 aromatic carbocycles. The van der Waals surface area contributed by atoms with Crippen molar-refractivity contribution in [2.75, 3.05) is 13.2 Å². The topological polar surface area (TPSA) is 52.6 Å². The van der Waals surface area contributed by atoms with Gasteiger partial charge in [0, 0.05) is 0 Å². The molecule has 0 saturated carbocycles. The molecule has 0 aromatic heterocycles. The Morgan fingerprint density at radius 2 is 1.52 bits per heavy atom. The normalized spacial score (nSPS) is 10.4. The lowest BCUT2D eigenvalue weighted by Gasteiger charge is -2.05. The number of hydrogen-bond donors (Lipinski definition) is 0. The first-order chi connectivity index (χ1) is 10.1. The fourth-order valence-electron chi connectivity index (χ4n) is 2.35. The summed E-state index contributed by atoms with van der Waals surface area (Å²) in [7, 11) is 0. The van der Waals surface area contributed by atoms with Gasteiger partial charge in [0.25, 0.3) is 0 Å². The van der Waals surface area contributed by atoms with Gasteiger partial charge in [0.2, 0.25) is 0 Å². The molecule has 0 N–H and O–H groups in total. The molecule has 0 bridgehead atoms. The number of carbonyl (C=O) groups is 2. The first-order valence-electron chi connectivity index (χ1n) is 6.96. The van der Waals surface area contributed by atoms with Crippen molar-refractivity contribution < 1.29 is 19.1 Å². The first-order valence-corrected chi connectivity index (χ1v) is 6.96. The molecule has 110 valence electrons. The third-order valence-electron chi connectivity index (χ3n) is 3.22. The molecule has 0 spiro atoms. The minimum Gasteiger partial charge on any atom is -0.462 e. The largest absolute Gasteiger partial charge is 0.462 e. The molecule has 21 heavy (non-hydrogen) atoms. The molecule has 0 unspecified atom stereocenters. The van der Waals surface area contributed by atoms with Gasteiger partial charge in [-0.3, -0.25) is 0 Å². The fraction of sp³-hybridized carbons (Fsp3) is 0.294. The summed E-state index contributed by atoms with van der Waals surface area (Å²) in [5.74, 6) is -0.851. The van der Waals surface area contributed by atoms with Crippen LogP contribution in [0.3, 0.4) is 0 Å². The van der Waals surface area contributed by atoms with Crippen LogP contribution in [-0.4, -0.2) is 25.2 Å². The van der Waals surface area contributed by atoms with E-state index in [2.05, 4.69) is 0 Å². The van der Waals surface area contributed by atoms with Crippen molar-refractivity contribution in [1.29, 1.82) is 0 Å². The van der Waals surface area contributed by atoms with Crippen LogP contribution in [0.25, 0.3) is 11.1 Å². The van der Waals surface area contributed by atoms with Crippen molar-refractivity contribution in [3.8, 4) is 11.1 Å². The van der Waals surface area contributed by atoms with Crippen molar-refractivity contribution >= 4 is 11.9 Å². The summed E-state index contributed by atoms with van der Waals surface area (Å²) in [6.07, 6.45) is 0. The molecule has 0 amide bonds. The smallest absolute Gasteiger partial charge is 0.338 e. The van der Waals surface area contributed by atoms with Crippen molar-refractivity contribution in [2.24, 2.45) is 0 Å². The van der Waals surface area contributed by atoms with E-state index >= 15 is 0 Å². The Hall–Kier alpha value is -2.36. The van der Waals surface area contributed by atoms with E-state index in [0.29, 0.717) is 16.7 Å². The van der Waals surface area contributed by atoms with Crippen LogP contribution in [-0.2, 0) is 9.47 Å². The second-order valence-electron chi connectivity index (χ2n) is 4.60. The minimum absolute atomic E-state index is 0.290. The van der Waals surface area contributed by atoms with Gasteiger partial charge in [-0.05, 0) is 43.5 Å². The zero-order chi connectivity index (χ0) is 15.4. The summed E-state index contributed by atoms with van der Waals surface area (Å²) >= 11 is 0. The monoisotopic (exact) mass is 286 g/mol. The first kappa shape index (κ1) is 15.0. The summed E-state index contributed by atoms with van der Waals surface area (Å²) in [6, 6.07) is 9.00. The molecule has 4 heteroatoms. The van der Waals surface area contributed by atoms with Gasteiger partial charge in [0.1, 0.15) is 0 Å². The Kier molecular flexibility index (Phi) is 4.58. The summed E-state index contributed by atoms with van der Waals surface area (Å²) in [4.78, 5) is 24.2. The molecule has 0 aliphatic heterocycles. The minimum atomic E-state index is -0.427. The highest BCUT2D eigenvalue weighted by molar-refractivity contribution is 6.08. The lowest BCUT2D eigenvalue weighted by Crippen LogP contribution is -2.05. The van der Waals surface area contributed by atoms with Gasteiger partial charge in [0.15, 0.2) is 0 Å². The molecule has 2 rings (SSSR count). The van der Waals surface area contributed by atoms with Crippen LogP contribution in [0.1, 0.15) is 40.1 Å². The molecule has 0 heterocycles. The van der Waals surface area contributed by atoms with Crippen LogP contribution in [0, 0.1) is 6.92 Å². The number of hydrogen-bond acceptors (Lipinski definition) is 4. The molecular weight excluding hydrogens is 268 g/mol. The second kappa shape index (κ2) is 6.39. The van der Waals surface area contributed by atoms with E-state index in [1.165, 1.54) is 0 Å². The average molecular weight is 286 g/mol. The van der Waals surface area contributed by atoms with Crippen LogP contribution in [0.2, 0.25) is 0 Å². The van der Waals surface area contributed by atoms with Gasteiger partial charge in [-0.15, -0.1) is 0 Å². The fourth-order valence-corrected chi connectivity index (χ4v) is 2.35. The lowest BCUT2D eigenvalue weighted by molar-refractivity contribution is 0.0525. The molecule has 0 saturated heterocycles. The molecule has 2 aliphatic rings. The summed E-state index contributed by atoms with van der Waals surface area (Å²) < 4.78 is 10.2. The van der Waals surface area contributed by atoms with Gasteiger partial charge < -0.3 is 9.47 Å². The van der Waals surface area contributed by atoms with Crippen molar-refractivity contribution in [2.45, 2.75) is 20.8 Å². The van der Waals surface area contributed by atoms with E-state index in [1.807, 2.05) is 31.2 Å². The van der Waals surface area contributed by atoms with E-state index in [0.717, 1.165) is 11.1 Å². The zero-order valence-electron chi connectivity index (χ0n) is 12.4. The van der Waals surface area contributed by atoms with Gasteiger partial charge in [-0.25, -0.2) is 9.59 Å². The molecule has 0 radical (unpaired) electrons. The van der Waals surface area contributed by atoms with Crippen molar-refractivity contribution in [3.05, 3.63) is 47.0 Å². The van der Waals surface area contributed by atoms with E-state index < -0.39 is 11.9 Å². The Labute approximate surface area is 124 Å². The molecule has 0 atom stereocenters. The molecule has 2 aliphatic carbocycles. The SMILES string of the molecule is CCOC(=O)c1cc(C(=O)OCC)c2c(C)ccccc1-2. The summed E-state index contributed by atoms with van der Waals surface area (Å²) in [5, 5.41) is 0. The summed E-state index contributed by atoms with van der Waals surface area (Å²) in [5.41, 5.74) is 3.16. The highest BCUT2D eigenvalue weighted by atomic mass is 16.5. The van der Waals surface area contributed by atoms with Crippen LogP contribution >= 0.6 is 0 Å². The maximum atomic E-state index is 12.1. The molecule has 0 fully saturated rings. The predicted octanol–water partition coefficient (Wildman–Crippen LogP) is 3.45. The van der Waals surface area contributed by atoms with E-state index in [-0.39, 0.29) is 13.2 Å². The van der Waals surface area contributed by atoms with E-state index in [4.69, 9.17) is 9.47 Å². The highest BCUT2D eigenvalue weighted by Crippen LogP contribution is 2.35. The Morgan fingerprint density at radius 1 is 0.952 bits per heavy atom. The molecular formula is C17H18O4. The second-order valence-corrected chi connectivity index (χ2v) is 4.60. The van der Waals surface area contributed by atoms with Crippen LogP contribution in [0.5, 0.6) is 0 Å². The Morgan fingerprint density at radius 3 is 2.14 bits per heavy atom. The third-order valence-corrected chi connectivity index (χ3v) is 3.22. The van der Waals surface area contributed by atoms with Crippen LogP contribution in [0.4, 0.5) is 0 Å². The Bertz CT molecular complexity index is 646. The maximum absolute atomic E-state index is 12.1. The summed E-state index contributed by atoms with van der Waals surface area (Å²) in [6.45, 7) is 5.99. The van der Waals surface area contributed by atoms with E-state index in [1.54, 1.807) is 19.9 Å². The van der Waals surface area contributed by atoms with Crippen LogP contribution in [0.15, 0.2) is 30.3 Å². The number of rotatable bonds is 4. The van der Waals surface area contributed by atoms with Crippen molar-refractivity contribution in [1.82, 2.24) is 0 Å². The number of ether oxygens (including phenoxy) is 2.